The molecule has 3 N–H and O–H groups in total. The third-order valence-corrected chi connectivity index (χ3v) is 4.75. The Hall–Kier alpha value is -2.93. The van der Waals surface area contributed by atoms with Gasteiger partial charge in [-0.3, -0.25) is 14.9 Å². The van der Waals surface area contributed by atoms with Crippen LogP contribution in [0.4, 0.5) is 11.4 Å². The van der Waals surface area contributed by atoms with E-state index in [0.29, 0.717) is 29.3 Å². The molecule has 2 rings (SSSR count). The monoisotopic (exact) mass is 441 g/mol. The summed E-state index contributed by atoms with van der Waals surface area (Å²) in [5, 5.41) is 8.68. The lowest BCUT2D eigenvalue weighted by molar-refractivity contribution is -0.118. The summed E-state index contributed by atoms with van der Waals surface area (Å²) in [6, 6.07) is 14.2. The maximum atomic E-state index is 12.7. The Labute approximate surface area is 189 Å². The summed E-state index contributed by atoms with van der Waals surface area (Å²) in [7, 11) is 0. The minimum absolute atomic E-state index is 0.0465. The molecule has 0 radical (unpaired) electrons. The van der Waals surface area contributed by atoms with Crippen molar-refractivity contribution in [1.82, 2.24) is 5.32 Å². The van der Waals surface area contributed by atoms with Crippen molar-refractivity contribution in [2.24, 2.45) is 5.92 Å². The molecule has 0 saturated heterocycles. The molecule has 7 heteroatoms. The van der Waals surface area contributed by atoms with Gasteiger partial charge in [-0.1, -0.05) is 52.2 Å². The minimum atomic E-state index is -0.331. The number of thiocarbonyl (C=S) groups is 1. The summed E-state index contributed by atoms with van der Waals surface area (Å²) in [6.07, 6.45) is 4.41. The van der Waals surface area contributed by atoms with E-state index >= 15 is 0 Å². The van der Waals surface area contributed by atoms with Crippen LogP contribution >= 0.6 is 12.2 Å². The van der Waals surface area contributed by atoms with Gasteiger partial charge in [0.25, 0.3) is 5.91 Å². The quantitative estimate of drug-likeness (QED) is 0.341. The lowest BCUT2D eigenvalue weighted by atomic mass is 10.2. The maximum Gasteiger partial charge on any atom is 0.261 e. The van der Waals surface area contributed by atoms with E-state index in [1.807, 2.05) is 19.9 Å². The fourth-order valence-electron chi connectivity index (χ4n) is 2.75. The average Bonchev–Trinajstić information content (AvgIpc) is 2.75. The Bertz CT molecular complexity index is 882. The van der Waals surface area contributed by atoms with Gasteiger partial charge in [0.2, 0.25) is 5.91 Å². The SMILES string of the molecule is CCCCCCOc1ccccc1C(=O)NC(=S)Nc1ccc(NC(=O)C(C)C)cc1. The van der Waals surface area contributed by atoms with Crippen LogP contribution in [-0.2, 0) is 4.79 Å². The van der Waals surface area contributed by atoms with Gasteiger partial charge >= 0.3 is 0 Å². The number of ether oxygens (including phenoxy) is 1. The van der Waals surface area contributed by atoms with Crippen LogP contribution in [0.2, 0.25) is 0 Å². The van der Waals surface area contributed by atoms with E-state index in [1.165, 1.54) is 12.8 Å². The molecule has 2 amide bonds. The van der Waals surface area contributed by atoms with Crippen LogP contribution in [0.3, 0.4) is 0 Å². The predicted molar refractivity (Wildman–Crippen MR) is 130 cm³/mol. The summed E-state index contributed by atoms with van der Waals surface area (Å²) in [4.78, 5) is 24.4. The number of rotatable bonds is 10. The largest absolute Gasteiger partial charge is 0.493 e. The van der Waals surface area contributed by atoms with Gasteiger partial charge in [-0.2, -0.15) is 0 Å². The molecule has 166 valence electrons. The summed E-state index contributed by atoms with van der Waals surface area (Å²) >= 11 is 5.27. The summed E-state index contributed by atoms with van der Waals surface area (Å²) < 4.78 is 5.81. The number of amides is 2. The molecule has 0 bridgehead atoms. The zero-order valence-electron chi connectivity index (χ0n) is 18.4. The first-order chi connectivity index (χ1) is 14.9. The highest BCUT2D eigenvalue weighted by Crippen LogP contribution is 2.19. The maximum absolute atomic E-state index is 12.7. The standard InChI is InChI=1S/C24H31N3O3S/c1-4-5-6-9-16-30-21-11-8-7-10-20(21)23(29)27-24(31)26-19-14-12-18(13-15-19)25-22(28)17(2)3/h7-8,10-15,17H,4-6,9,16H2,1-3H3,(H,25,28)(H2,26,27,29,31). The molecule has 0 fully saturated rings. The molecule has 0 aliphatic heterocycles. The van der Waals surface area contributed by atoms with E-state index in [0.717, 1.165) is 12.8 Å². The normalized spacial score (nSPS) is 10.5. The Morgan fingerprint density at radius 2 is 1.58 bits per heavy atom. The fraction of sp³-hybridized carbons (Fsp3) is 0.375. The first kappa shape index (κ1) is 24.3. The third-order valence-electron chi connectivity index (χ3n) is 4.55. The lowest BCUT2D eigenvalue weighted by Gasteiger charge is -2.13. The first-order valence-corrected chi connectivity index (χ1v) is 11.1. The second kappa shape index (κ2) is 12.7. The van der Waals surface area contributed by atoms with Crippen molar-refractivity contribution in [3.8, 4) is 5.75 Å². The molecule has 31 heavy (non-hydrogen) atoms. The van der Waals surface area contributed by atoms with Crippen LogP contribution in [0, 0.1) is 5.92 Å². The molecule has 2 aromatic rings. The van der Waals surface area contributed by atoms with E-state index in [1.54, 1.807) is 42.5 Å². The van der Waals surface area contributed by atoms with Crippen molar-refractivity contribution in [2.75, 3.05) is 17.2 Å². The second-order valence-corrected chi connectivity index (χ2v) is 7.94. The molecule has 0 unspecified atom stereocenters. The Morgan fingerprint density at radius 3 is 2.23 bits per heavy atom. The van der Waals surface area contributed by atoms with E-state index in [2.05, 4.69) is 22.9 Å². The van der Waals surface area contributed by atoms with Gasteiger partial charge in [0.15, 0.2) is 5.11 Å². The van der Waals surface area contributed by atoms with Crippen molar-refractivity contribution in [2.45, 2.75) is 46.5 Å². The van der Waals surface area contributed by atoms with E-state index in [9.17, 15) is 9.59 Å². The summed E-state index contributed by atoms with van der Waals surface area (Å²) in [5.41, 5.74) is 1.84. The third kappa shape index (κ3) is 8.38. The molecular formula is C24H31N3O3S. The highest BCUT2D eigenvalue weighted by molar-refractivity contribution is 7.80. The second-order valence-electron chi connectivity index (χ2n) is 7.53. The zero-order chi connectivity index (χ0) is 22.6. The van der Waals surface area contributed by atoms with Crippen molar-refractivity contribution in [1.29, 1.82) is 0 Å². The van der Waals surface area contributed by atoms with Gasteiger partial charge in [-0.25, -0.2) is 0 Å². The van der Waals surface area contributed by atoms with Gasteiger partial charge in [-0.15, -0.1) is 0 Å². The summed E-state index contributed by atoms with van der Waals surface area (Å²) in [5.74, 6) is 0.0746. The number of hydrogen-bond acceptors (Lipinski definition) is 4. The minimum Gasteiger partial charge on any atom is -0.493 e. The Kier molecular flexibility index (Phi) is 9.97. The van der Waals surface area contributed by atoms with Crippen LogP contribution in [0.1, 0.15) is 56.8 Å². The van der Waals surface area contributed by atoms with Gasteiger partial charge in [0.05, 0.1) is 12.2 Å². The topological polar surface area (TPSA) is 79.5 Å². The van der Waals surface area contributed by atoms with Crippen molar-refractivity contribution >= 4 is 40.5 Å². The van der Waals surface area contributed by atoms with Gasteiger partial charge < -0.3 is 15.4 Å². The van der Waals surface area contributed by atoms with Crippen molar-refractivity contribution in [3.63, 3.8) is 0 Å². The van der Waals surface area contributed by atoms with Crippen molar-refractivity contribution < 1.29 is 14.3 Å². The summed E-state index contributed by atoms with van der Waals surface area (Å²) in [6.45, 7) is 6.41. The first-order valence-electron chi connectivity index (χ1n) is 10.7. The molecule has 0 spiro atoms. The van der Waals surface area contributed by atoms with E-state index < -0.39 is 0 Å². The van der Waals surface area contributed by atoms with E-state index in [-0.39, 0.29) is 22.8 Å². The molecule has 0 saturated carbocycles. The molecule has 6 nitrogen and oxygen atoms in total. The molecule has 0 aromatic heterocycles. The van der Waals surface area contributed by atoms with Crippen LogP contribution in [0.5, 0.6) is 5.75 Å². The number of benzene rings is 2. The molecule has 0 heterocycles. The predicted octanol–water partition coefficient (Wildman–Crippen LogP) is 5.37. The lowest BCUT2D eigenvalue weighted by Crippen LogP contribution is -2.34. The highest BCUT2D eigenvalue weighted by atomic mass is 32.1. The van der Waals surface area contributed by atoms with Crippen LogP contribution in [-0.4, -0.2) is 23.5 Å². The fourth-order valence-corrected chi connectivity index (χ4v) is 2.96. The number of anilines is 2. The molecule has 0 aliphatic carbocycles. The number of hydrogen-bond donors (Lipinski definition) is 3. The van der Waals surface area contributed by atoms with Crippen LogP contribution in [0.15, 0.2) is 48.5 Å². The van der Waals surface area contributed by atoms with Gasteiger partial charge in [-0.05, 0) is 55.0 Å². The van der Waals surface area contributed by atoms with Gasteiger partial charge in [0, 0.05) is 17.3 Å². The number of nitrogens with one attached hydrogen (secondary N) is 3. The highest BCUT2D eigenvalue weighted by Gasteiger charge is 2.14. The number of carbonyl (C=O) groups excluding carboxylic acids is 2. The van der Waals surface area contributed by atoms with Crippen LogP contribution in [0.25, 0.3) is 0 Å². The van der Waals surface area contributed by atoms with Crippen LogP contribution < -0.4 is 20.7 Å². The molecule has 2 aromatic carbocycles. The molecular weight excluding hydrogens is 410 g/mol. The zero-order valence-corrected chi connectivity index (χ0v) is 19.2. The Morgan fingerprint density at radius 1 is 0.935 bits per heavy atom. The van der Waals surface area contributed by atoms with Gasteiger partial charge in [0.1, 0.15) is 5.75 Å². The smallest absolute Gasteiger partial charge is 0.261 e. The van der Waals surface area contributed by atoms with Crippen molar-refractivity contribution in [3.05, 3.63) is 54.1 Å². The molecule has 0 aliphatic rings. The molecule has 0 atom stereocenters. The Balaban J connectivity index is 1.89. The van der Waals surface area contributed by atoms with E-state index in [4.69, 9.17) is 17.0 Å². The number of para-hydroxylation sites is 1. The number of unbranched alkanes of at least 4 members (excludes halogenated alkanes) is 3. The average molecular weight is 442 g/mol. The number of carbonyl (C=O) groups is 2.